The van der Waals surface area contributed by atoms with Crippen LogP contribution in [0.5, 0.6) is 5.75 Å². The first-order chi connectivity index (χ1) is 10.0. The zero-order valence-electron chi connectivity index (χ0n) is 13.3. The van der Waals surface area contributed by atoms with Crippen molar-refractivity contribution in [1.82, 2.24) is 4.90 Å². The highest BCUT2D eigenvalue weighted by atomic mass is 16.5. The van der Waals surface area contributed by atoms with Crippen molar-refractivity contribution < 1.29 is 9.53 Å². The fourth-order valence-electron chi connectivity index (χ4n) is 3.94. The lowest BCUT2D eigenvalue weighted by Crippen LogP contribution is -2.53. The second kappa shape index (κ2) is 5.45. The fourth-order valence-corrected chi connectivity index (χ4v) is 3.94. The second-order valence-corrected chi connectivity index (χ2v) is 6.88. The number of carbonyl (C=O) groups is 1. The monoisotopic (exact) mass is 287 g/mol. The normalized spacial score (nSPS) is 28.3. The minimum Gasteiger partial charge on any atom is -0.493 e. The molecule has 1 aliphatic heterocycles. The van der Waals surface area contributed by atoms with E-state index in [9.17, 15) is 4.79 Å². The molecule has 1 saturated carbocycles. The Kier molecular flexibility index (Phi) is 3.78. The van der Waals surface area contributed by atoms with E-state index >= 15 is 0 Å². The van der Waals surface area contributed by atoms with Gasteiger partial charge in [-0.1, -0.05) is 19.8 Å². The smallest absolute Gasteiger partial charge is 0.183 e. The molecule has 0 N–H and O–H groups in total. The number of fused-ring (bicyclic) bond motifs is 1. The van der Waals surface area contributed by atoms with Crippen LogP contribution in [0.4, 0.5) is 0 Å². The van der Waals surface area contributed by atoms with E-state index < -0.39 is 0 Å². The molecule has 0 aromatic heterocycles. The number of Topliss-reactive ketones (excluding diaryl/α,β-unsaturated/α-hetero) is 1. The van der Waals surface area contributed by atoms with Crippen LogP contribution < -0.4 is 4.74 Å². The number of carbonyl (C=O) groups excluding carboxylic acids is 1. The highest BCUT2D eigenvalue weighted by Crippen LogP contribution is 2.39. The predicted octanol–water partition coefficient (Wildman–Crippen LogP) is 3.31. The van der Waals surface area contributed by atoms with E-state index in [1.807, 2.05) is 26.2 Å². The maximum absolute atomic E-state index is 13.2. The molecule has 1 aliphatic carbocycles. The van der Waals surface area contributed by atoms with Crippen LogP contribution in [0, 0.1) is 5.92 Å². The van der Waals surface area contributed by atoms with Crippen LogP contribution in [-0.4, -0.2) is 36.9 Å². The summed E-state index contributed by atoms with van der Waals surface area (Å²) in [6, 6.07) is 5.96. The topological polar surface area (TPSA) is 29.5 Å². The lowest BCUT2D eigenvalue weighted by molar-refractivity contribution is 0.0486. The van der Waals surface area contributed by atoms with Gasteiger partial charge in [0.1, 0.15) is 5.75 Å². The van der Waals surface area contributed by atoms with Crippen molar-refractivity contribution in [2.24, 2.45) is 5.92 Å². The van der Waals surface area contributed by atoms with Gasteiger partial charge in [-0.05, 0) is 56.6 Å². The van der Waals surface area contributed by atoms with Crippen molar-refractivity contribution in [3.8, 4) is 5.75 Å². The molecule has 3 rings (SSSR count). The molecular weight excluding hydrogens is 262 g/mol. The molecule has 1 fully saturated rings. The van der Waals surface area contributed by atoms with Crippen LogP contribution in [0.15, 0.2) is 18.2 Å². The summed E-state index contributed by atoms with van der Waals surface area (Å²) in [6.07, 6.45) is 5.23. The van der Waals surface area contributed by atoms with Gasteiger partial charge in [0.05, 0.1) is 12.1 Å². The molecule has 1 heterocycles. The van der Waals surface area contributed by atoms with Gasteiger partial charge < -0.3 is 4.74 Å². The van der Waals surface area contributed by atoms with Crippen molar-refractivity contribution in [3.63, 3.8) is 0 Å². The molecule has 1 aromatic carbocycles. The zero-order valence-corrected chi connectivity index (χ0v) is 13.3. The van der Waals surface area contributed by atoms with E-state index in [0.717, 1.165) is 43.6 Å². The zero-order chi connectivity index (χ0) is 15.0. The van der Waals surface area contributed by atoms with Gasteiger partial charge in [-0.25, -0.2) is 0 Å². The van der Waals surface area contributed by atoms with Gasteiger partial charge in [0, 0.05) is 12.0 Å². The molecule has 2 atom stereocenters. The van der Waals surface area contributed by atoms with Gasteiger partial charge in [0.15, 0.2) is 5.78 Å². The van der Waals surface area contributed by atoms with Gasteiger partial charge in [-0.15, -0.1) is 0 Å². The van der Waals surface area contributed by atoms with E-state index in [4.69, 9.17) is 4.74 Å². The molecule has 0 radical (unpaired) electrons. The summed E-state index contributed by atoms with van der Waals surface area (Å²) in [4.78, 5) is 15.4. The van der Waals surface area contributed by atoms with Crippen LogP contribution in [0.25, 0.3) is 0 Å². The average Bonchev–Trinajstić information content (AvgIpc) is 2.93. The van der Waals surface area contributed by atoms with Crippen LogP contribution in [-0.2, 0) is 6.42 Å². The van der Waals surface area contributed by atoms with Crippen LogP contribution >= 0.6 is 0 Å². The summed E-state index contributed by atoms with van der Waals surface area (Å²) in [5.41, 5.74) is 1.70. The first-order valence-electron chi connectivity index (χ1n) is 8.01. The Bertz CT molecular complexity index is 552. The Morgan fingerprint density at radius 1 is 1.38 bits per heavy atom. The number of hydrogen-bond donors (Lipinski definition) is 0. The summed E-state index contributed by atoms with van der Waals surface area (Å²) in [5.74, 6) is 1.85. The third-order valence-electron chi connectivity index (χ3n) is 5.20. The number of rotatable bonds is 3. The summed E-state index contributed by atoms with van der Waals surface area (Å²) in [7, 11) is 4.10. The van der Waals surface area contributed by atoms with E-state index in [1.54, 1.807) is 0 Å². The van der Waals surface area contributed by atoms with E-state index in [2.05, 4.69) is 17.9 Å². The van der Waals surface area contributed by atoms with Crippen molar-refractivity contribution >= 4 is 5.78 Å². The third kappa shape index (κ3) is 2.48. The summed E-state index contributed by atoms with van der Waals surface area (Å²) in [5, 5.41) is 0. The Morgan fingerprint density at radius 3 is 2.90 bits per heavy atom. The SMILES string of the molecule is CC1CCCC(C(=O)c2ccc3c(c2)CCO3)(N(C)C)C1. The molecule has 0 saturated heterocycles. The van der Waals surface area contributed by atoms with Crippen molar-refractivity contribution in [2.75, 3.05) is 20.7 Å². The molecule has 0 spiro atoms. The first kappa shape index (κ1) is 14.6. The molecular formula is C18H25NO2. The first-order valence-corrected chi connectivity index (χ1v) is 8.01. The van der Waals surface area contributed by atoms with Gasteiger partial charge >= 0.3 is 0 Å². The minimum atomic E-state index is -0.328. The van der Waals surface area contributed by atoms with Crippen LogP contribution in [0.2, 0.25) is 0 Å². The number of hydrogen-bond acceptors (Lipinski definition) is 3. The largest absolute Gasteiger partial charge is 0.493 e. The molecule has 114 valence electrons. The maximum Gasteiger partial charge on any atom is 0.183 e. The molecule has 1 aromatic rings. The standard InChI is InChI=1S/C18H25NO2/c1-13-5-4-9-18(12-13,19(2)3)17(20)15-6-7-16-14(11-15)8-10-21-16/h6-7,11,13H,4-5,8-10,12H2,1-3H3. The Morgan fingerprint density at radius 2 is 2.19 bits per heavy atom. The summed E-state index contributed by atoms with van der Waals surface area (Å²) < 4.78 is 5.55. The molecule has 3 nitrogen and oxygen atoms in total. The second-order valence-electron chi connectivity index (χ2n) is 6.88. The molecule has 2 aliphatic rings. The number of nitrogens with zero attached hydrogens (tertiary/aromatic N) is 1. The van der Waals surface area contributed by atoms with E-state index in [1.165, 1.54) is 12.0 Å². The minimum absolute atomic E-state index is 0.286. The van der Waals surface area contributed by atoms with Crippen molar-refractivity contribution in [2.45, 2.75) is 44.6 Å². The molecule has 21 heavy (non-hydrogen) atoms. The maximum atomic E-state index is 13.2. The number of ketones is 1. The Labute approximate surface area is 127 Å². The van der Waals surface area contributed by atoms with Crippen LogP contribution in [0.1, 0.15) is 48.5 Å². The van der Waals surface area contributed by atoms with Gasteiger partial charge in [0.25, 0.3) is 0 Å². The average molecular weight is 287 g/mol. The summed E-state index contributed by atoms with van der Waals surface area (Å²) in [6.45, 7) is 3.00. The highest BCUT2D eigenvalue weighted by Gasteiger charge is 2.43. The molecule has 3 heteroatoms. The fraction of sp³-hybridized carbons (Fsp3) is 0.611. The molecule has 0 bridgehead atoms. The van der Waals surface area contributed by atoms with Crippen molar-refractivity contribution in [1.29, 1.82) is 0 Å². The number of ether oxygens (including phenoxy) is 1. The lowest BCUT2D eigenvalue weighted by atomic mass is 9.71. The summed E-state index contributed by atoms with van der Waals surface area (Å²) >= 11 is 0. The number of likely N-dealkylation sites (N-methyl/N-ethyl adjacent to an activating group) is 1. The molecule has 2 unspecified atom stereocenters. The molecule has 0 amide bonds. The Balaban J connectivity index is 1.94. The predicted molar refractivity (Wildman–Crippen MR) is 84.0 cm³/mol. The van der Waals surface area contributed by atoms with E-state index in [0.29, 0.717) is 5.92 Å². The quantitative estimate of drug-likeness (QED) is 0.799. The third-order valence-corrected chi connectivity index (χ3v) is 5.20. The van der Waals surface area contributed by atoms with Gasteiger partial charge in [-0.3, -0.25) is 9.69 Å². The Hall–Kier alpha value is -1.35. The lowest BCUT2D eigenvalue weighted by Gasteiger charge is -2.43. The van der Waals surface area contributed by atoms with Crippen LogP contribution in [0.3, 0.4) is 0 Å². The van der Waals surface area contributed by atoms with Gasteiger partial charge in [-0.2, -0.15) is 0 Å². The highest BCUT2D eigenvalue weighted by molar-refractivity contribution is 6.03. The van der Waals surface area contributed by atoms with E-state index in [-0.39, 0.29) is 11.3 Å². The number of benzene rings is 1. The van der Waals surface area contributed by atoms with Crippen molar-refractivity contribution in [3.05, 3.63) is 29.3 Å². The van der Waals surface area contributed by atoms with Gasteiger partial charge in [0.2, 0.25) is 0 Å².